The number of amides is 1. The van der Waals surface area contributed by atoms with Gasteiger partial charge in [0.15, 0.2) is 6.10 Å². The van der Waals surface area contributed by atoms with Crippen molar-refractivity contribution in [3.63, 3.8) is 0 Å². The van der Waals surface area contributed by atoms with Crippen LogP contribution in [0.3, 0.4) is 0 Å². The summed E-state index contributed by atoms with van der Waals surface area (Å²) in [5.41, 5.74) is 3.58. The zero-order valence-corrected chi connectivity index (χ0v) is 17.3. The number of fused-ring (bicyclic) bond motifs is 1. The van der Waals surface area contributed by atoms with Crippen LogP contribution in [0.4, 0.5) is 0 Å². The number of aromatic nitrogens is 2. The van der Waals surface area contributed by atoms with Crippen molar-refractivity contribution in [3.8, 4) is 11.3 Å². The highest BCUT2D eigenvalue weighted by Gasteiger charge is 2.24. The van der Waals surface area contributed by atoms with Crippen LogP contribution in [0.1, 0.15) is 42.4 Å². The van der Waals surface area contributed by atoms with E-state index in [1.165, 1.54) is 0 Å². The van der Waals surface area contributed by atoms with Crippen LogP contribution in [0.2, 0.25) is 0 Å². The molecule has 0 aliphatic carbocycles. The number of carbonyl (C=O) groups is 2. The Hall–Kier alpha value is -3.22. The number of hydrogen-bond donors (Lipinski definition) is 1. The lowest BCUT2D eigenvalue weighted by Crippen LogP contribution is -2.37. The molecule has 152 valence electrons. The highest BCUT2D eigenvalue weighted by Crippen LogP contribution is 2.28. The summed E-state index contributed by atoms with van der Waals surface area (Å²) in [6.07, 6.45) is -0.924. The monoisotopic (exact) mass is 395 g/mol. The third-order valence-electron chi connectivity index (χ3n) is 4.52. The first-order valence-corrected chi connectivity index (χ1v) is 9.59. The topological polar surface area (TPSA) is 94.3 Å². The van der Waals surface area contributed by atoms with Crippen molar-refractivity contribution in [1.29, 1.82) is 0 Å². The van der Waals surface area contributed by atoms with Crippen LogP contribution in [-0.4, -0.2) is 34.7 Å². The van der Waals surface area contributed by atoms with Crippen LogP contribution < -0.4 is 5.32 Å². The van der Waals surface area contributed by atoms with Gasteiger partial charge in [0, 0.05) is 12.1 Å². The molecule has 1 N–H and O–H groups in total. The molecule has 2 aromatic heterocycles. The number of rotatable bonds is 6. The highest BCUT2D eigenvalue weighted by molar-refractivity contribution is 6.05. The zero-order valence-electron chi connectivity index (χ0n) is 17.3. The third kappa shape index (κ3) is 4.62. The summed E-state index contributed by atoms with van der Waals surface area (Å²) < 4.78 is 10.7. The molecule has 0 radical (unpaired) electrons. The van der Waals surface area contributed by atoms with Gasteiger partial charge in [-0.1, -0.05) is 48.8 Å². The number of carbonyl (C=O) groups excluding carboxylic acids is 2. The van der Waals surface area contributed by atoms with Gasteiger partial charge in [0.25, 0.3) is 11.6 Å². The van der Waals surface area contributed by atoms with Gasteiger partial charge in [0.1, 0.15) is 0 Å². The predicted molar refractivity (Wildman–Crippen MR) is 109 cm³/mol. The van der Waals surface area contributed by atoms with Gasteiger partial charge in [0.2, 0.25) is 0 Å². The first kappa shape index (κ1) is 20.5. The molecule has 1 unspecified atom stereocenters. The van der Waals surface area contributed by atoms with Gasteiger partial charge >= 0.3 is 5.97 Å². The molecule has 1 aromatic carbocycles. The molecule has 1 amide bonds. The number of ether oxygens (including phenoxy) is 1. The van der Waals surface area contributed by atoms with E-state index in [1.54, 1.807) is 19.9 Å². The molecule has 0 saturated heterocycles. The van der Waals surface area contributed by atoms with Crippen LogP contribution >= 0.6 is 0 Å². The maximum atomic E-state index is 12.9. The molecular weight excluding hydrogens is 370 g/mol. The quantitative estimate of drug-likeness (QED) is 0.638. The van der Waals surface area contributed by atoms with Gasteiger partial charge in [-0.25, -0.2) is 9.78 Å². The van der Waals surface area contributed by atoms with Gasteiger partial charge in [0.05, 0.1) is 22.3 Å². The normalized spacial score (nSPS) is 12.2. The summed E-state index contributed by atoms with van der Waals surface area (Å²) in [6.45, 7) is 9.77. The second-order valence-electron chi connectivity index (χ2n) is 7.56. The van der Waals surface area contributed by atoms with E-state index in [4.69, 9.17) is 9.26 Å². The Morgan fingerprint density at radius 2 is 1.83 bits per heavy atom. The van der Waals surface area contributed by atoms with Gasteiger partial charge in [-0.05, 0) is 32.8 Å². The average molecular weight is 395 g/mol. The second-order valence-corrected chi connectivity index (χ2v) is 7.56. The van der Waals surface area contributed by atoms with E-state index in [0.717, 1.165) is 11.1 Å². The zero-order chi connectivity index (χ0) is 21.1. The van der Waals surface area contributed by atoms with Crippen molar-refractivity contribution in [2.75, 3.05) is 6.54 Å². The van der Waals surface area contributed by atoms with Crippen LogP contribution in [0, 0.1) is 19.8 Å². The van der Waals surface area contributed by atoms with E-state index >= 15 is 0 Å². The molecule has 0 aliphatic heterocycles. The molecule has 29 heavy (non-hydrogen) atoms. The van der Waals surface area contributed by atoms with Crippen LogP contribution in [-0.2, 0) is 9.53 Å². The molecule has 7 nitrogen and oxygen atoms in total. The lowest BCUT2D eigenvalue weighted by Gasteiger charge is -2.15. The summed E-state index contributed by atoms with van der Waals surface area (Å²) in [5.74, 6) is -0.652. The highest BCUT2D eigenvalue weighted by atomic mass is 16.5. The van der Waals surface area contributed by atoms with E-state index in [1.807, 2.05) is 45.0 Å². The smallest absolute Gasteiger partial charge is 0.339 e. The molecule has 0 spiro atoms. The van der Waals surface area contributed by atoms with Gasteiger partial charge < -0.3 is 14.6 Å². The second kappa shape index (κ2) is 8.43. The van der Waals surface area contributed by atoms with E-state index in [2.05, 4.69) is 15.5 Å². The summed E-state index contributed by atoms with van der Waals surface area (Å²) in [4.78, 5) is 29.6. The Morgan fingerprint density at radius 3 is 2.48 bits per heavy atom. The Bertz CT molecular complexity index is 1040. The molecule has 2 heterocycles. The standard InChI is InChI=1S/C22H25N3O4/c1-12(2)11-23-20(26)15(5)28-22(27)17-10-18(16-8-6-13(3)7-9-16)24-21-19(17)14(4)25-29-21/h6-10,12,15H,11H2,1-5H3,(H,23,26). The van der Waals surface area contributed by atoms with Crippen molar-refractivity contribution < 1.29 is 18.8 Å². The van der Waals surface area contributed by atoms with Crippen LogP contribution in [0.5, 0.6) is 0 Å². The SMILES string of the molecule is Cc1ccc(-c2cc(C(=O)OC(C)C(=O)NCC(C)C)c3c(C)noc3n2)cc1. The van der Waals surface area contributed by atoms with Crippen LogP contribution in [0.25, 0.3) is 22.4 Å². The van der Waals surface area contributed by atoms with Crippen molar-refractivity contribution in [2.24, 2.45) is 5.92 Å². The van der Waals surface area contributed by atoms with Crippen molar-refractivity contribution in [3.05, 3.63) is 47.2 Å². The lowest BCUT2D eigenvalue weighted by atomic mass is 10.0. The largest absolute Gasteiger partial charge is 0.449 e. The molecule has 0 fully saturated rings. The van der Waals surface area contributed by atoms with Gasteiger partial charge in [-0.3, -0.25) is 4.79 Å². The fourth-order valence-electron chi connectivity index (χ4n) is 2.85. The van der Waals surface area contributed by atoms with Crippen molar-refractivity contribution in [2.45, 2.75) is 40.7 Å². The Kier molecular flexibility index (Phi) is 5.96. The number of hydrogen-bond acceptors (Lipinski definition) is 6. The average Bonchev–Trinajstić information content (AvgIpc) is 3.06. The molecule has 3 aromatic rings. The molecule has 3 rings (SSSR count). The third-order valence-corrected chi connectivity index (χ3v) is 4.52. The summed E-state index contributed by atoms with van der Waals surface area (Å²) >= 11 is 0. The summed E-state index contributed by atoms with van der Waals surface area (Å²) in [5, 5.41) is 7.18. The predicted octanol–water partition coefficient (Wildman–Crippen LogP) is 3.82. The maximum absolute atomic E-state index is 12.9. The van der Waals surface area contributed by atoms with Crippen molar-refractivity contribution >= 4 is 23.0 Å². The number of nitrogens with one attached hydrogen (secondary N) is 1. The first-order chi connectivity index (χ1) is 13.8. The lowest BCUT2D eigenvalue weighted by molar-refractivity contribution is -0.129. The minimum Gasteiger partial charge on any atom is -0.449 e. The van der Waals surface area contributed by atoms with Crippen molar-refractivity contribution in [1.82, 2.24) is 15.5 Å². The minimum atomic E-state index is -0.924. The number of benzene rings is 1. The first-order valence-electron chi connectivity index (χ1n) is 9.59. The molecular formula is C22H25N3O4. The molecule has 0 saturated carbocycles. The van der Waals surface area contributed by atoms with Gasteiger partial charge in [-0.15, -0.1) is 0 Å². The number of nitrogens with zero attached hydrogens (tertiary/aromatic N) is 2. The van der Waals surface area contributed by atoms with E-state index < -0.39 is 12.1 Å². The van der Waals surface area contributed by atoms with Crippen LogP contribution in [0.15, 0.2) is 34.9 Å². The molecule has 1 atom stereocenters. The summed E-state index contributed by atoms with van der Waals surface area (Å²) in [7, 11) is 0. The fraction of sp³-hybridized carbons (Fsp3) is 0.364. The maximum Gasteiger partial charge on any atom is 0.339 e. The molecule has 7 heteroatoms. The van der Waals surface area contributed by atoms with E-state index in [0.29, 0.717) is 29.2 Å². The van der Waals surface area contributed by atoms with E-state index in [9.17, 15) is 9.59 Å². The Morgan fingerprint density at radius 1 is 1.14 bits per heavy atom. The molecule has 0 bridgehead atoms. The number of aryl methyl sites for hydroxylation is 2. The summed E-state index contributed by atoms with van der Waals surface area (Å²) in [6, 6.07) is 9.42. The number of esters is 1. The fourth-order valence-corrected chi connectivity index (χ4v) is 2.85. The Balaban J connectivity index is 1.92. The van der Waals surface area contributed by atoms with E-state index in [-0.39, 0.29) is 17.2 Å². The Labute approximate surface area is 169 Å². The molecule has 0 aliphatic rings. The number of pyridine rings is 1. The van der Waals surface area contributed by atoms with Gasteiger partial charge in [-0.2, -0.15) is 0 Å². The minimum absolute atomic E-state index is 0.254.